The van der Waals surface area contributed by atoms with Crippen LogP contribution in [0.4, 0.5) is 0 Å². The molecule has 0 bridgehead atoms. The summed E-state index contributed by atoms with van der Waals surface area (Å²) in [4.78, 5) is 12.1. The third-order valence-electron chi connectivity index (χ3n) is 3.24. The van der Waals surface area contributed by atoms with E-state index in [9.17, 15) is 4.79 Å². The molecule has 3 rings (SSSR count). The summed E-state index contributed by atoms with van der Waals surface area (Å²) in [5.41, 5.74) is 1.42. The van der Waals surface area contributed by atoms with Crippen molar-refractivity contribution >= 4 is 29.2 Å². The van der Waals surface area contributed by atoms with Gasteiger partial charge in [0.1, 0.15) is 10.7 Å². The number of rotatable bonds is 4. The standard InChI is InChI=1S/C15H12Cl2N4O3/c1-8-12(13(17)21(2)20-8)15(22)23-7-11-18-19-14(24-11)9-3-5-10(16)6-4-9/h3-6H,7H2,1-2H3. The molecule has 0 saturated carbocycles. The minimum atomic E-state index is -0.600. The van der Waals surface area contributed by atoms with Crippen molar-refractivity contribution in [3.8, 4) is 11.5 Å². The van der Waals surface area contributed by atoms with Crippen LogP contribution in [-0.2, 0) is 18.4 Å². The number of ether oxygens (including phenoxy) is 1. The van der Waals surface area contributed by atoms with Gasteiger partial charge in [0.25, 0.3) is 5.89 Å². The summed E-state index contributed by atoms with van der Waals surface area (Å²) in [5, 5.41) is 12.6. The number of esters is 1. The fraction of sp³-hybridized carbons (Fsp3) is 0.200. The molecule has 3 aromatic rings. The molecule has 0 amide bonds. The Balaban J connectivity index is 1.69. The Kier molecular flexibility index (Phi) is 4.55. The van der Waals surface area contributed by atoms with E-state index < -0.39 is 5.97 Å². The summed E-state index contributed by atoms with van der Waals surface area (Å²) in [6, 6.07) is 6.94. The molecule has 0 aliphatic rings. The molecule has 2 aromatic heterocycles. The normalized spacial score (nSPS) is 10.8. The summed E-state index contributed by atoms with van der Waals surface area (Å²) in [5.74, 6) is -0.115. The van der Waals surface area contributed by atoms with E-state index in [1.807, 2.05) is 0 Å². The van der Waals surface area contributed by atoms with Crippen molar-refractivity contribution in [2.24, 2.45) is 7.05 Å². The molecule has 0 atom stereocenters. The van der Waals surface area contributed by atoms with Gasteiger partial charge in [0.05, 0.1) is 5.69 Å². The highest BCUT2D eigenvalue weighted by atomic mass is 35.5. The first-order valence-electron chi connectivity index (χ1n) is 6.90. The maximum absolute atomic E-state index is 12.1. The Morgan fingerprint density at radius 1 is 1.25 bits per heavy atom. The Labute approximate surface area is 147 Å². The van der Waals surface area contributed by atoms with E-state index >= 15 is 0 Å². The first-order valence-corrected chi connectivity index (χ1v) is 7.66. The second kappa shape index (κ2) is 6.62. The Morgan fingerprint density at radius 3 is 2.58 bits per heavy atom. The molecule has 0 N–H and O–H groups in total. The van der Waals surface area contributed by atoms with Crippen LogP contribution in [0.3, 0.4) is 0 Å². The Morgan fingerprint density at radius 2 is 1.96 bits per heavy atom. The monoisotopic (exact) mass is 366 g/mol. The van der Waals surface area contributed by atoms with Crippen LogP contribution < -0.4 is 0 Å². The lowest BCUT2D eigenvalue weighted by atomic mass is 10.2. The Hall–Kier alpha value is -2.38. The number of benzene rings is 1. The molecular weight excluding hydrogens is 355 g/mol. The van der Waals surface area contributed by atoms with Crippen molar-refractivity contribution in [2.75, 3.05) is 0 Å². The van der Waals surface area contributed by atoms with Crippen LogP contribution >= 0.6 is 23.2 Å². The van der Waals surface area contributed by atoms with Crippen molar-refractivity contribution in [1.82, 2.24) is 20.0 Å². The van der Waals surface area contributed by atoms with Gasteiger partial charge in [-0.3, -0.25) is 4.68 Å². The van der Waals surface area contributed by atoms with Crippen LogP contribution in [0.2, 0.25) is 10.2 Å². The van der Waals surface area contributed by atoms with Crippen molar-refractivity contribution in [1.29, 1.82) is 0 Å². The van der Waals surface area contributed by atoms with E-state index in [0.29, 0.717) is 16.6 Å². The lowest BCUT2D eigenvalue weighted by Gasteiger charge is -2.01. The number of hydrogen-bond donors (Lipinski definition) is 0. The van der Waals surface area contributed by atoms with Gasteiger partial charge in [-0.1, -0.05) is 23.2 Å². The molecule has 24 heavy (non-hydrogen) atoms. The molecule has 124 valence electrons. The van der Waals surface area contributed by atoms with Crippen LogP contribution in [0.15, 0.2) is 28.7 Å². The maximum atomic E-state index is 12.1. The highest BCUT2D eigenvalue weighted by Gasteiger charge is 2.21. The molecule has 0 aliphatic carbocycles. The number of halogens is 2. The molecule has 0 unspecified atom stereocenters. The maximum Gasteiger partial charge on any atom is 0.343 e. The lowest BCUT2D eigenvalue weighted by molar-refractivity contribution is 0.0438. The SMILES string of the molecule is Cc1nn(C)c(Cl)c1C(=O)OCc1nnc(-c2ccc(Cl)cc2)o1. The van der Waals surface area contributed by atoms with Gasteiger partial charge in [-0.2, -0.15) is 5.10 Å². The number of aromatic nitrogens is 4. The smallest absolute Gasteiger partial charge is 0.343 e. The highest BCUT2D eigenvalue weighted by Crippen LogP contribution is 2.22. The van der Waals surface area contributed by atoms with E-state index in [-0.39, 0.29) is 23.2 Å². The van der Waals surface area contributed by atoms with Gasteiger partial charge in [-0.05, 0) is 31.2 Å². The molecule has 2 heterocycles. The predicted octanol–water partition coefficient (Wildman–Crippen LogP) is 3.44. The lowest BCUT2D eigenvalue weighted by Crippen LogP contribution is -2.07. The fourth-order valence-corrected chi connectivity index (χ4v) is 2.46. The fourth-order valence-electron chi connectivity index (χ4n) is 2.08. The number of nitrogens with zero attached hydrogens (tertiary/aromatic N) is 4. The van der Waals surface area contributed by atoms with Crippen molar-refractivity contribution in [3.63, 3.8) is 0 Å². The average molecular weight is 367 g/mol. The van der Waals surface area contributed by atoms with E-state index in [0.717, 1.165) is 5.56 Å². The summed E-state index contributed by atoms with van der Waals surface area (Å²) in [7, 11) is 1.64. The largest absolute Gasteiger partial charge is 0.452 e. The predicted molar refractivity (Wildman–Crippen MR) is 86.8 cm³/mol. The van der Waals surface area contributed by atoms with Crippen LogP contribution in [0.1, 0.15) is 21.9 Å². The molecule has 0 fully saturated rings. The second-order valence-corrected chi connectivity index (χ2v) is 5.75. The molecule has 0 saturated heterocycles. The van der Waals surface area contributed by atoms with Gasteiger partial charge in [0.15, 0.2) is 6.61 Å². The zero-order valence-electron chi connectivity index (χ0n) is 12.8. The molecule has 0 aliphatic heterocycles. The summed E-state index contributed by atoms with van der Waals surface area (Å²) in [6.45, 7) is 1.51. The number of carbonyl (C=O) groups is 1. The van der Waals surface area contributed by atoms with Gasteiger partial charge in [0.2, 0.25) is 5.89 Å². The van der Waals surface area contributed by atoms with Gasteiger partial charge in [-0.15, -0.1) is 10.2 Å². The molecular formula is C15H12Cl2N4O3. The molecule has 0 spiro atoms. The van der Waals surface area contributed by atoms with Crippen LogP contribution in [0, 0.1) is 6.92 Å². The second-order valence-electron chi connectivity index (χ2n) is 4.96. The van der Waals surface area contributed by atoms with Gasteiger partial charge < -0.3 is 9.15 Å². The van der Waals surface area contributed by atoms with Gasteiger partial charge in [-0.25, -0.2) is 4.79 Å². The summed E-state index contributed by atoms with van der Waals surface area (Å²) in [6.07, 6.45) is 0. The topological polar surface area (TPSA) is 83.0 Å². The van der Waals surface area contributed by atoms with Crippen LogP contribution in [0.5, 0.6) is 0 Å². The quantitative estimate of drug-likeness (QED) is 0.657. The van der Waals surface area contributed by atoms with E-state index in [1.54, 1.807) is 38.2 Å². The highest BCUT2D eigenvalue weighted by molar-refractivity contribution is 6.32. The summed E-state index contributed by atoms with van der Waals surface area (Å²) >= 11 is 11.9. The molecule has 1 aromatic carbocycles. The zero-order chi connectivity index (χ0) is 17.3. The molecule has 0 radical (unpaired) electrons. The number of hydrogen-bond acceptors (Lipinski definition) is 6. The van der Waals surface area contributed by atoms with Crippen LogP contribution in [-0.4, -0.2) is 25.9 Å². The summed E-state index contributed by atoms with van der Waals surface area (Å²) < 4.78 is 12.0. The van der Waals surface area contributed by atoms with E-state index in [1.165, 1.54) is 4.68 Å². The van der Waals surface area contributed by atoms with E-state index in [4.69, 9.17) is 32.4 Å². The van der Waals surface area contributed by atoms with Gasteiger partial charge in [0, 0.05) is 17.6 Å². The first kappa shape index (κ1) is 16.5. The zero-order valence-corrected chi connectivity index (χ0v) is 14.3. The van der Waals surface area contributed by atoms with Crippen molar-refractivity contribution in [2.45, 2.75) is 13.5 Å². The third kappa shape index (κ3) is 3.27. The van der Waals surface area contributed by atoms with Crippen molar-refractivity contribution < 1.29 is 13.9 Å². The van der Waals surface area contributed by atoms with Crippen LogP contribution in [0.25, 0.3) is 11.5 Å². The van der Waals surface area contributed by atoms with Gasteiger partial charge >= 0.3 is 5.97 Å². The molecule has 7 nitrogen and oxygen atoms in total. The first-order chi connectivity index (χ1) is 11.5. The van der Waals surface area contributed by atoms with E-state index in [2.05, 4.69) is 15.3 Å². The minimum Gasteiger partial charge on any atom is -0.452 e. The minimum absolute atomic E-state index is 0.163. The third-order valence-corrected chi connectivity index (χ3v) is 3.93. The molecule has 9 heteroatoms. The van der Waals surface area contributed by atoms with Crippen molar-refractivity contribution in [3.05, 3.63) is 51.6 Å². The number of carbonyl (C=O) groups excluding carboxylic acids is 1. The average Bonchev–Trinajstić information content (AvgIpc) is 3.11. The number of aryl methyl sites for hydroxylation is 2. The Bertz CT molecular complexity index is 887.